The fraction of sp³-hybridized carbons (Fsp3) is 0.632. The van der Waals surface area contributed by atoms with E-state index in [-0.39, 0.29) is 0 Å². The van der Waals surface area contributed by atoms with Crippen LogP contribution in [0.2, 0.25) is 0 Å². The van der Waals surface area contributed by atoms with E-state index in [1.807, 2.05) is 12.1 Å². The molecule has 2 atom stereocenters. The number of benzene rings is 1. The molecule has 1 aliphatic heterocycles. The maximum atomic E-state index is 8.85. The SMILES string of the molecule is CC1(C)CC2CC(C)(CN2CCc2ccc(C#N)cc2)C1. The van der Waals surface area contributed by atoms with Crippen LogP contribution < -0.4 is 0 Å². The van der Waals surface area contributed by atoms with E-state index < -0.39 is 0 Å². The minimum absolute atomic E-state index is 0.501. The topological polar surface area (TPSA) is 27.0 Å². The van der Waals surface area contributed by atoms with Gasteiger partial charge < -0.3 is 0 Å². The second kappa shape index (κ2) is 5.14. The standard InChI is InChI=1S/C19H26N2/c1-18(2)10-17-11-19(3,13-18)14-21(17)9-8-15-4-6-16(12-20)7-5-15/h4-7,17H,8-11,13-14H2,1-3H3. The van der Waals surface area contributed by atoms with Crippen LogP contribution in [-0.2, 0) is 6.42 Å². The summed E-state index contributed by atoms with van der Waals surface area (Å²) in [6.07, 6.45) is 5.18. The third-order valence-corrected chi connectivity index (χ3v) is 5.29. The highest BCUT2D eigenvalue weighted by Crippen LogP contribution is 2.52. The molecule has 2 aliphatic rings. The van der Waals surface area contributed by atoms with Crippen LogP contribution >= 0.6 is 0 Å². The molecule has 2 heteroatoms. The van der Waals surface area contributed by atoms with Gasteiger partial charge in [0, 0.05) is 19.1 Å². The van der Waals surface area contributed by atoms with Gasteiger partial charge in [-0.25, -0.2) is 0 Å². The van der Waals surface area contributed by atoms with Gasteiger partial charge in [0.1, 0.15) is 0 Å². The number of hydrogen-bond acceptors (Lipinski definition) is 2. The van der Waals surface area contributed by atoms with Crippen LogP contribution in [-0.4, -0.2) is 24.0 Å². The Morgan fingerprint density at radius 1 is 1.19 bits per heavy atom. The molecule has 2 nitrogen and oxygen atoms in total. The van der Waals surface area contributed by atoms with Crippen molar-refractivity contribution in [2.75, 3.05) is 13.1 Å². The first kappa shape index (κ1) is 14.6. The Balaban J connectivity index is 1.62. The molecule has 1 saturated carbocycles. The van der Waals surface area contributed by atoms with Crippen molar-refractivity contribution in [2.24, 2.45) is 10.8 Å². The molecule has 0 spiro atoms. The summed E-state index contributed by atoms with van der Waals surface area (Å²) in [5, 5.41) is 8.85. The van der Waals surface area contributed by atoms with Gasteiger partial charge in [-0.15, -0.1) is 0 Å². The number of fused-ring (bicyclic) bond motifs is 2. The van der Waals surface area contributed by atoms with Gasteiger partial charge in [-0.3, -0.25) is 4.90 Å². The third-order valence-electron chi connectivity index (χ3n) is 5.29. The first-order chi connectivity index (χ1) is 9.89. The Hall–Kier alpha value is -1.33. The minimum Gasteiger partial charge on any atom is -0.299 e. The monoisotopic (exact) mass is 282 g/mol. The molecule has 1 aromatic rings. The smallest absolute Gasteiger partial charge is 0.0991 e. The Bertz CT molecular complexity index is 552. The molecular formula is C19H26N2. The number of rotatable bonds is 3. The lowest BCUT2D eigenvalue weighted by Gasteiger charge is -2.40. The molecule has 2 unspecified atom stereocenters. The Labute approximate surface area is 128 Å². The second-order valence-corrected chi connectivity index (χ2v) is 8.24. The molecule has 1 saturated heterocycles. The van der Waals surface area contributed by atoms with E-state index in [1.165, 1.54) is 31.4 Å². The molecule has 2 bridgehead atoms. The van der Waals surface area contributed by atoms with Crippen LogP contribution in [0.1, 0.15) is 51.2 Å². The van der Waals surface area contributed by atoms with Crippen LogP contribution in [0.5, 0.6) is 0 Å². The van der Waals surface area contributed by atoms with Gasteiger partial charge in [-0.2, -0.15) is 5.26 Å². The van der Waals surface area contributed by atoms with Crippen molar-refractivity contribution in [1.29, 1.82) is 5.26 Å². The van der Waals surface area contributed by atoms with Crippen molar-refractivity contribution in [3.05, 3.63) is 35.4 Å². The molecule has 0 radical (unpaired) electrons. The molecule has 1 aliphatic carbocycles. The maximum Gasteiger partial charge on any atom is 0.0991 e. The van der Waals surface area contributed by atoms with Crippen molar-refractivity contribution >= 4 is 0 Å². The molecule has 112 valence electrons. The van der Waals surface area contributed by atoms with Gasteiger partial charge in [0.15, 0.2) is 0 Å². The molecule has 3 rings (SSSR count). The summed E-state index contributed by atoms with van der Waals surface area (Å²) in [5.74, 6) is 0. The molecule has 0 N–H and O–H groups in total. The summed E-state index contributed by atoms with van der Waals surface area (Å²) in [4.78, 5) is 2.72. The Morgan fingerprint density at radius 3 is 2.57 bits per heavy atom. The van der Waals surface area contributed by atoms with Crippen LogP contribution in [0.15, 0.2) is 24.3 Å². The first-order valence-corrected chi connectivity index (χ1v) is 8.12. The number of nitriles is 1. The predicted octanol–water partition coefficient (Wildman–Crippen LogP) is 4.00. The lowest BCUT2D eigenvalue weighted by molar-refractivity contribution is 0.127. The van der Waals surface area contributed by atoms with Gasteiger partial charge in [-0.05, 0) is 54.2 Å². The van der Waals surface area contributed by atoms with Crippen LogP contribution in [0.25, 0.3) is 0 Å². The average molecular weight is 282 g/mol. The van der Waals surface area contributed by atoms with Crippen LogP contribution in [0.4, 0.5) is 0 Å². The molecule has 1 aromatic carbocycles. The predicted molar refractivity (Wildman–Crippen MR) is 86.0 cm³/mol. The van der Waals surface area contributed by atoms with E-state index in [9.17, 15) is 0 Å². The summed E-state index contributed by atoms with van der Waals surface area (Å²) in [7, 11) is 0. The highest BCUT2D eigenvalue weighted by molar-refractivity contribution is 5.31. The van der Waals surface area contributed by atoms with E-state index in [4.69, 9.17) is 5.26 Å². The van der Waals surface area contributed by atoms with E-state index in [0.29, 0.717) is 10.8 Å². The molecule has 2 fully saturated rings. The largest absolute Gasteiger partial charge is 0.299 e. The number of hydrogen-bond donors (Lipinski definition) is 0. The molecular weight excluding hydrogens is 256 g/mol. The number of nitrogens with zero attached hydrogens (tertiary/aromatic N) is 2. The molecule has 1 heterocycles. The summed E-state index contributed by atoms with van der Waals surface area (Å²) in [6.45, 7) is 9.76. The Morgan fingerprint density at radius 2 is 1.90 bits per heavy atom. The average Bonchev–Trinajstić information content (AvgIpc) is 2.65. The van der Waals surface area contributed by atoms with Gasteiger partial charge >= 0.3 is 0 Å². The highest BCUT2D eigenvalue weighted by Gasteiger charge is 2.49. The fourth-order valence-electron chi connectivity index (χ4n) is 4.86. The van der Waals surface area contributed by atoms with Gasteiger partial charge in [-0.1, -0.05) is 32.9 Å². The van der Waals surface area contributed by atoms with Gasteiger partial charge in [0.25, 0.3) is 0 Å². The highest BCUT2D eigenvalue weighted by atomic mass is 15.2. The van der Waals surface area contributed by atoms with Crippen molar-refractivity contribution < 1.29 is 0 Å². The zero-order valence-electron chi connectivity index (χ0n) is 13.5. The van der Waals surface area contributed by atoms with Gasteiger partial charge in [0.2, 0.25) is 0 Å². The summed E-state index contributed by atoms with van der Waals surface area (Å²) in [5.41, 5.74) is 3.13. The van der Waals surface area contributed by atoms with Crippen molar-refractivity contribution in [3.63, 3.8) is 0 Å². The Kier molecular flexibility index (Phi) is 3.58. The van der Waals surface area contributed by atoms with E-state index in [2.05, 4.69) is 43.9 Å². The molecule has 0 amide bonds. The van der Waals surface area contributed by atoms with E-state index >= 15 is 0 Å². The van der Waals surface area contributed by atoms with Crippen LogP contribution in [0, 0.1) is 22.2 Å². The van der Waals surface area contributed by atoms with E-state index in [1.54, 1.807) is 0 Å². The first-order valence-electron chi connectivity index (χ1n) is 8.12. The zero-order valence-corrected chi connectivity index (χ0v) is 13.5. The van der Waals surface area contributed by atoms with E-state index in [0.717, 1.165) is 24.6 Å². The summed E-state index contributed by atoms with van der Waals surface area (Å²) >= 11 is 0. The quantitative estimate of drug-likeness (QED) is 0.838. The zero-order chi connectivity index (χ0) is 15.1. The third kappa shape index (κ3) is 3.14. The summed E-state index contributed by atoms with van der Waals surface area (Å²) in [6, 6.07) is 11.0. The maximum absolute atomic E-state index is 8.85. The van der Waals surface area contributed by atoms with Crippen molar-refractivity contribution in [3.8, 4) is 6.07 Å². The normalized spacial score (nSPS) is 31.0. The van der Waals surface area contributed by atoms with Crippen molar-refractivity contribution in [2.45, 2.75) is 52.5 Å². The fourth-order valence-corrected chi connectivity index (χ4v) is 4.86. The molecule has 0 aromatic heterocycles. The minimum atomic E-state index is 0.501. The number of likely N-dealkylation sites (tertiary alicyclic amines) is 1. The second-order valence-electron chi connectivity index (χ2n) is 8.24. The lowest BCUT2D eigenvalue weighted by Crippen LogP contribution is -2.35. The van der Waals surface area contributed by atoms with Crippen LogP contribution in [0.3, 0.4) is 0 Å². The summed E-state index contributed by atoms with van der Waals surface area (Å²) < 4.78 is 0. The van der Waals surface area contributed by atoms with Gasteiger partial charge in [0.05, 0.1) is 11.6 Å². The van der Waals surface area contributed by atoms with Crippen molar-refractivity contribution in [1.82, 2.24) is 4.90 Å². The molecule has 21 heavy (non-hydrogen) atoms. The lowest BCUT2D eigenvalue weighted by atomic mass is 9.65.